The van der Waals surface area contributed by atoms with Gasteiger partial charge in [0, 0.05) is 6.04 Å². The summed E-state index contributed by atoms with van der Waals surface area (Å²) in [6.45, 7) is 4.14. The van der Waals surface area contributed by atoms with Crippen LogP contribution in [-0.4, -0.2) is 9.97 Å². The molecule has 0 fully saturated rings. The molecule has 4 aromatic rings. The van der Waals surface area contributed by atoms with Crippen molar-refractivity contribution < 1.29 is 0 Å². The molecule has 0 unspecified atom stereocenters. The molecule has 0 bridgehead atoms. The number of hydrogen-bond donors (Lipinski definition) is 2. The number of H-pyrrole nitrogens is 1. The number of para-hydroxylation sites is 1. The molecule has 0 saturated heterocycles. The van der Waals surface area contributed by atoms with E-state index in [0.717, 1.165) is 5.52 Å². The Labute approximate surface area is 151 Å². The fourth-order valence-corrected chi connectivity index (χ4v) is 3.34. The fourth-order valence-electron chi connectivity index (χ4n) is 3.34. The van der Waals surface area contributed by atoms with Gasteiger partial charge < -0.3 is 10.3 Å². The van der Waals surface area contributed by atoms with Gasteiger partial charge >= 0.3 is 0 Å². The molecule has 2 atom stereocenters. The Morgan fingerprint density at radius 2 is 1.62 bits per heavy atom. The van der Waals surface area contributed by atoms with Gasteiger partial charge in [-0.1, -0.05) is 48.5 Å². The summed E-state index contributed by atoms with van der Waals surface area (Å²) in [6.07, 6.45) is 0. The third kappa shape index (κ3) is 3.11. The number of aromatic amines is 1. The lowest BCUT2D eigenvalue weighted by Crippen LogP contribution is -2.26. The number of aromatic nitrogens is 2. The standard InChI is InChI=1S/C22H21N3O/c1-14(17-12-11-16-7-3-4-8-18(16)13-17)23-15(2)21-24-20-10-6-5-9-19(20)22(26)25-21/h3-15,23H,1-2H3,(H,24,25,26)/t14-,15-/m1/s1. The van der Waals surface area contributed by atoms with Gasteiger partial charge in [-0.05, 0) is 48.4 Å². The maximum atomic E-state index is 12.3. The zero-order valence-electron chi connectivity index (χ0n) is 14.9. The molecule has 1 heterocycles. The number of rotatable bonds is 4. The van der Waals surface area contributed by atoms with E-state index in [1.165, 1.54) is 16.3 Å². The smallest absolute Gasteiger partial charge is 0.258 e. The molecular weight excluding hydrogens is 322 g/mol. The Hall–Kier alpha value is -2.98. The van der Waals surface area contributed by atoms with Crippen molar-refractivity contribution in [1.29, 1.82) is 0 Å². The second-order valence-corrected chi connectivity index (χ2v) is 6.68. The summed E-state index contributed by atoms with van der Waals surface area (Å²) in [6, 6.07) is 22.3. The minimum absolute atomic E-state index is 0.0752. The van der Waals surface area contributed by atoms with Gasteiger partial charge in [0.25, 0.3) is 5.56 Å². The molecule has 0 aliphatic heterocycles. The predicted molar refractivity (Wildman–Crippen MR) is 106 cm³/mol. The minimum atomic E-state index is -0.0994. The van der Waals surface area contributed by atoms with Crippen LogP contribution in [0.1, 0.15) is 37.3 Å². The SMILES string of the molecule is C[C@@H](N[C@H](C)c1nc2ccccc2c(=O)[nH]1)c1ccc2ccccc2c1. The van der Waals surface area contributed by atoms with Crippen molar-refractivity contribution in [3.05, 3.63) is 88.5 Å². The highest BCUT2D eigenvalue weighted by Gasteiger charge is 2.14. The summed E-state index contributed by atoms with van der Waals surface area (Å²) in [5.74, 6) is 0.654. The third-order valence-corrected chi connectivity index (χ3v) is 4.81. The van der Waals surface area contributed by atoms with E-state index in [0.29, 0.717) is 11.2 Å². The van der Waals surface area contributed by atoms with Crippen LogP contribution in [0.5, 0.6) is 0 Å². The largest absolute Gasteiger partial charge is 0.309 e. The molecule has 0 aliphatic carbocycles. The van der Waals surface area contributed by atoms with E-state index in [2.05, 4.69) is 58.6 Å². The zero-order chi connectivity index (χ0) is 18.1. The van der Waals surface area contributed by atoms with Crippen molar-refractivity contribution in [3.8, 4) is 0 Å². The molecule has 0 aliphatic rings. The fraction of sp³-hybridized carbons (Fsp3) is 0.182. The monoisotopic (exact) mass is 343 g/mol. The zero-order valence-corrected chi connectivity index (χ0v) is 14.9. The summed E-state index contributed by atoms with van der Waals surface area (Å²) in [5.41, 5.74) is 1.83. The lowest BCUT2D eigenvalue weighted by molar-refractivity contribution is 0.477. The lowest BCUT2D eigenvalue weighted by Gasteiger charge is -2.20. The Balaban J connectivity index is 1.60. The molecule has 2 N–H and O–H groups in total. The number of benzene rings is 3. The Morgan fingerprint density at radius 3 is 2.46 bits per heavy atom. The van der Waals surface area contributed by atoms with E-state index in [9.17, 15) is 4.79 Å². The summed E-state index contributed by atoms with van der Waals surface area (Å²) in [7, 11) is 0. The average Bonchev–Trinajstić information content (AvgIpc) is 2.67. The van der Waals surface area contributed by atoms with Crippen molar-refractivity contribution in [2.45, 2.75) is 25.9 Å². The van der Waals surface area contributed by atoms with Crippen molar-refractivity contribution in [3.63, 3.8) is 0 Å². The molecule has 0 radical (unpaired) electrons. The maximum absolute atomic E-state index is 12.3. The first-order valence-corrected chi connectivity index (χ1v) is 8.85. The van der Waals surface area contributed by atoms with Crippen LogP contribution < -0.4 is 10.9 Å². The van der Waals surface area contributed by atoms with Crippen LogP contribution >= 0.6 is 0 Å². The van der Waals surface area contributed by atoms with Crippen LogP contribution in [0.4, 0.5) is 0 Å². The van der Waals surface area contributed by atoms with Crippen LogP contribution in [0, 0.1) is 0 Å². The molecule has 26 heavy (non-hydrogen) atoms. The Bertz CT molecular complexity index is 1130. The molecule has 3 aromatic carbocycles. The minimum Gasteiger partial charge on any atom is -0.309 e. The van der Waals surface area contributed by atoms with Crippen molar-refractivity contribution in [2.75, 3.05) is 0 Å². The second kappa shape index (κ2) is 6.73. The van der Waals surface area contributed by atoms with Gasteiger partial charge in [0.2, 0.25) is 0 Å². The summed E-state index contributed by atoms with van der Waals surface area (Å²) >= 11 is 0. The number of hydrogen-bond acceptors (Lipinski definition) is 3. The number of nitrogens with zero attached hydrogens (tertiary/aromatic N) is 1. The lowest BCUT2D eigenvalue weighted by atomic mass is 10.0. The van der Waals surface area contributed by atoms with Crippen LogP contribution in [0.3, 0.4) is 0 Å². The van der Waals surface area contributed by atoms with E-state index in [4.69, 9.17) is 0 Å². The summed E-state index contributed by atoms with van der Waals surface area (Å²) < 4.78 is 0. The molecule has 0 amide bonds. The molecule has 1 aromatic heterocycles. The van der Waals surface area contributed by atoms with Gasteiger partial charge in [-0.2, -0.15) is 0 Å². The van der Waals surface area contributed by atoms with Crippen molar-refractivity contribution in [2.24, 2.45) is 0 Å². The van der Waals surface area contributed by atoms with Gasteiger partial charge in [-0.25, -0.2) is 4.98 Å². The summed E-state index contributed by atoms with van der Waals surface area (Å²) in [4.78, 5) is 19.8. The molecule has 4 rings (SSSR count). The van der Waals surface area contributed by atoms with Gasteiger partial charge in [0.15, 0.2) is 0 Å². The van der Waals surface area contributed by atoms with Crippen LogP contribution in [0.25, 0.3) is 21.7 Å². The Morgan fingerprint density at radius 1 is 0.885 bits per heavy atom. The number of nitrogens with one attached hydrogen (secondary N) is 2. The van der Waals surface area contributed by atoms with Crippen LogP contribution in [-0.2, 0) is 0 Å². The molecule has 4 heteroatoms. The second-order valence-electron chi connectivity index (χ2n) is 6.68. The third-order valence-electron chi connectivity index (χ3n) is 4.81. The van der Waals surface area contributed by atoms with Crippen LogP contribution in [0.15, 0.2) is 71.5 Å². The maximum Gasteiger partial charge on any atom is 0.258 e. The first kappa shape index (κ1) is 16.5. The Kier molecular flexibility index (Phi) is 4.27. The highest BCUT2D eigenvalue weighted by Crippen LogP contribution is 2.22. The van der Waals surface area contributed by atoms with Gasteiger partial charge in [0.1, 0.15) is 5.82 Å². The van der Waals surface area contributed by atoms with Gasteiger partial charge in [0.05, 0.1) is 16.9 Å². The average molecular weight is 343 g/mol. The van der Waals surface area contributed by atoms with E-state index >= 15 is 0 Å². The van der Waals surface area contributed by atoms with Gasteiger partial charge in [-0.15, -0.1) is 0 Å². The van der Waals surface area contributed by atoms with Crippen LogP contribution in [0.2, 0.25) is 0 Å². The molecular formula is C22H21N3O. The summed E-state index contributed by atoms with van der Waals surface area (Å²) in [5, 5.41) is 6.61. The first-order chi connectivity index (χ1) is 12.6. The molecule has 0 spiro atoms. The molecule has 4 nitrogen and oxygen atoms in total. The predicted octanol–water partition coefficient (Wildman–Crippen LogP) is 4.49. The first-order valence-electron chi connectivity index (χ1n) is 8.85. The van der Waals surface area contributed by atoms with E-state index in [1.807, 2.05) is 31.2 Å². The molecule has 0 saturated carbocycles. The number of fused-ring (bicyclic) bond motifs is 2. The highest BCUT2D eigenvalue weighted by atomic mass is 16.1. The normalized spacial score (nSPS) is 13.8. The van der Waals surface area contributed by atoms with Crippen molar-refractivity contribution in [1.82, 2.24) is 15.3 Å². The van der Waals surface area contributed by atoms with Gasteiger partial charge in [-0.3, -0.25) is 4.79 Å². The molecule has 130 valence electrons. The van der Waals surface area contributed by atoms with E-state index in [-0.39, 0.29) is 17.6 Å². The quantitative estimate of drug-likeness (QED) is 0.574. The highest BCUT2D eigenvalue weighted by molar-refractivity contribution is 5.83. The topological polar surface area (TPSA) is 57.8 Å². The van der Waals surface area contributed by atoms with E-state index < -0.39 is 0 Å². The van der Waals surface area contributed by atoms with Crippen molar-refractivity contribution >= 4 is 21.7 Å². The van der Waals surface area contributed by atoms with E-state index in [1.54, 1.807) is 6.07 Å².